The summed E-state index contributed by atoms with van der Waals surface area (Å²) in [6, 6.07) is 0. The molecular weight excluding hydrogens is 224 g/mol. The summed E-state index contributed by atoms with van der Waals surface area (Å²) in [5.41, 5.74) is 0. The van der Waals surface area contributed by atoms with Crippen LogP contribution in [-0.2, 0) is 19.0 Å². The van der Waals surface area contributed by atoms with E-state index in [9.17, 15) is 4.79 Å². The first-order valence-corrected chi connectivity index (χ1v) is 6.25. The molecule has 3 atom stereocenters. The van der Waals surface area contributed by atoms with Gasteiger partial charge in [0.1, 0.15) is 6.10 Å². The van der Waals surface area contributed by atoms with E-state index in [1.807, 2.05) is 6.92 Å². The Labute approximate surface area is 101 Å². The molecule has 0 amide bonds. The largest absolute Gasteiger partial charge is 0.466 e. The van der Waals surface area contributed by atoms with E-state index >= 15 is 0 Å². The van der Waals surface area contributed by atoms with Crippen molar-refractivity contribution in [2.75, 3.05) is 19.8 Å². The van der Waals surface area contributed by atoms with Crippen molar-refractivity contribution in [3.63, 3.8) is 0 Å². The Balaban J connectivity index is 1.81. The van der Waals surface area contributed by atoms with Crippen molar-refractivity contribution in [2.45, 2.75) is 44.5 Å². The number of ether oxygens (including phenoxy) is 3. The Hall–Kier alpha value is -0.650. The molecule has 1 saturated heterocycles. The van der Waals surface area contributed by atoms with Crippen LogP contribution in [0.15, 0.2) is 0 Å². The predicted octanol–water partition coefficient (Wildman–Crippen LogP) is 0.844. The van der Waals surface area contributed by atoms with Gasteiger partial charge in [-0.05, 0) is 19.3 Å². The van der Waals surface area contributed by atoms with Gasteiger partial charge in [-0.3, -0.25) is 4.79 Å². The van der Waals surface area contributed by atoms with Gasteiger partial charge in [0.05, 0.1) is 19.8 Å². The molecule has 2 aliphatic rings. The second-order valence-corrected chi connectivity index (χ2v) is 4.76. The van der Waals surface area contributed by atoms with E-state index in [1.165, 1.54) is 0 Å². The Bertz CT molecular complexity index is 280. The van der Waals surface area contributed by atoms with E-state index in [0.29, 0.717) is 19.6 Å². The maximum atomic E-state index is 11.4. The molecule has 0 radical (unpaired) electrons. The molecule has 98 valence electrons. The first-order chi connectivity index (χ1) is 8.17. The zero-order valence-corrected chi connectivity index (χ0v) is 10.2. The zero-order chi connectivity index (χ0) is 12.3. The lowest BCUT2D eigenvalue weighted by atomic mass is 10.0. The molecule has 0 bridgehead atoms. The molecule has 1 saturated carbocycles. The summed E-state index contributed by atoms with van der Waals surface area (Å²) in [7, 11) is 0. The molecular formula is C12H20O5. The van der Waals surface area contributed by atoms with Crippen molar-refractivity contribution in [1.29, 1.82) is 0 Å². The minimum Gasteiger partial charge on any atom is -0.466 e. The molecule has 0 aromatic carbocycles. The summed E-state index contributed by atoms with van der Waals surface area (Å²) in [5.74, 6) is -0.428. The second-order valence-electron chi connectivity index (χ2n) is 4.76. The molecule has 0 aromatic rings. The Kier molecular flexibility index (Phi) is 4.01. The van der Waals surface area contributed by atoms with Crippen molar-refractivity contribution >= 4 is 5.97 Å². The van der Waals surface area contributed by atoms with Gasteiger partial charge in [-0.25, -0.2) is 0 Å². The van der Waals surface area contributed by atoms with Crippen LogP contribution in [0.2, 0.25) is 0 Å². The van der Waals surface area contributed by atoms with Gasteiger partial charge in [-0.15, -0.1) is 0 Å². The number of aliphatic hydroxyl groups is 1. The molecule has 1 spiro atoms. The topological polar surface area (TPSA) is 65.0 Å². The average Bonchev–Trinajstić information content (AvgIpc) is 2.87. The monoisotopic (exact) mass is 244 g/mol. The Morgan fingerprint density at radius 2 is 2.41 bits per heavy atom. The highest BCUT2D eigenvalue weighted by molar-refractivity contribution is 5.69. The van der Waals surface area contributed by atoms with Crippen LogP contribution in [0.25, 0.3) is 0 Å². The first kappa shape index (κ1) is 12.8. The Morgan fingerprint density at radius 1 is 1.59 bits per heavy atom. The number of carbonyl (C=O) groups excluding carboxylic acids is 1. The molecule has 17 heavy (non-hydrogen) atoms. The van der Waals surface area contributed by atoms with Crippen LogP contribution in [-0.4, -0.2) is 42.8 Å². The number of rotatable bonds is 4. The van der Waals surface area contributed by atoms with Crippen molar-refractivity contribution in [2.24, 2.45) is 5.92 Å². The molecule has 2 rings (SSSR count). The number of hydrogen-bond donors (Lipinski definition) is 1. The molecule has 1 N–H and O–H groups in total. The maximum absolute atomic E-state index is 11.4. The maximum Gasteiger partial charge on any atom is 0.306 e. The second kappa shape index (κ2) is 5.33. The molecule has 2 fully saturated rings. The molecule has 1 aliphatic carbocycles. The Morgan fingerprint density at radius 3 is 3.06 bits per heavy atom. The summed E-state index contributed by atoms with van der Waals surface area (Å²) < 4.78 is 16.3. The highest BCUT2D eigenvalue weighted by Crippen LogP contribution is 2.43. The van der Waals surface area contributed by atoms with E-state index in [0.717, 1.165) is 19.3 Å². The summed E-state index contributed by atoms with van der Waals surface area (Å²) in [6.07, 6.45) is 2.66. The van der Waals surface area contributed by atoms with Gasteiger partial charge in [0.2, 0.25) is 0 Å². The van der Waals surface area contributed by atoms with E-state index < -0.39 is 5.79 Å². The van der Waals surface area contributed by atoms with Crippen LogP contribution in [0.5, 0.6) is 0 Å². The molecule has 1 aliphatic heterocycles. The van der Waals surface area contributed by atoms with Crippen LogP contribution in [0.4, 0.5) is 0 Å². The standard InChI is InChI=1S/C12H20O5/c1-2-15-11(14)5-9-3-4-12(6-9)16-8-10(7-13)17-12/h9-10,13H,2-8H2,1H3. The molecule has 0 aromatic heterocycles. The lowest BCUT2D eigenvalue weighted by molar-refractivity contribution is -0.168. The van der Waals surface area contributed by atoms with Crippen molar-refractivity contribution in [3.05, 3.63) is 0 Å². The average molecular weight is 244 g/mol. The quantitative estimate of drug-likeness (QED) is 0.742. The highest BCUT2D eigenvalue weighted by Gasteiger charge is 2.47. The van der Waals surface area contributed by atoms with E-state index in [2.05, 4.69) is 0 Å². The molecule has 5 heteroatoms. The van der Waals surface area contributed by atoms with E-state index in [-0.39, 0.29) is 24.6 Å². The van der Waals surface area contributed by atoms with Gasteiger partial charge in [0, 0.05) is 19.3 Å². The van der Waals surface area contributed by atoms with Crippen LogP contribution < -0.4 is 0 Å². The number of esters is 1. The normalized spacial score (nSPS) is 36.6. The lowest BCUT2D eigenvalue weighted by Crippen LogP contribution is -2.28. The number of carbonyl (C=O) groups is 1. The molecule has 5 nitrogen and oxygen atoms in total. The fourth-order valence-corrected chi connectivity index (χ4v) is 2.64. The lowest BCUT2D eigenvalue weighted by Gasteiger charge is -2.22. The third kappa shape index (κ3) is 2.97. The summed E-state index contributed by atoms with van der Waals surface area (Å²) in [6.45, 7) is 2.67. The minimum atomic E-state index is -0.551. The molecule has 1 heterocycles. The van der Waals surface area contributed by atoms with Crippen LogP contribution in [0, 0.1) is 5.92 Å². The third-order valence-electron chi connectivity index (χ3n) is 3.41. The van der Waals surface area contributed by atoms with Gasteiger partial charge in [-0.1, -0.05) is 0 Å². The van der Waals surface area contributed by atoms with Crippen LogP contribution in [0.1, 0.15) is 32.6 Å². The van der Waals surface area contributed by atoms with Gasteiger partial charge in [-0.2, -0.15) is 0 Å². The van der Waals surface area contributed by atoms with E-state index in [1.54, 1.807) is 0 Å². The molecule has 3 unspecified atom stereocenters. The van der Waals surface area contributed by atoms with Gasteiger partial charge >= 0.3 is 5.97 Å². The fourth-order valence-electron chi connectivity index (χ4n) is 2.64. The van der Waals surface area contributed by atoms with Gasteiger partial charge < -0.3 is 19.3 Å². The fraction of sp³-hybridized carbons (Fsp3) is 0.917. The first-order valence-electron chi connectivity index (χ1n) is 6.25. The predicted molar refractivity (Wildman–Crippen MR) is 59.2 cm³/mol. The highest BCUT2D eigenvalue weighted by atomic mass is 16.7. The van der Waals surface area contributed by atoms with Crippen LogP contribution >= 0.6 is 0 Å². The van der Waals surface area contributed by atoms with Crippen molar-refractivity contribution in [3.8, 4) is 0 Å². The summed E-state index contributed by atoms with van der Waals surface area (Å²) >= 11 is 0. The van der Waals surface area contributed by atoms with Gasteiger partial charge in [0.25, 0.3) is 0 Å². The van der Waals surface area contributed by atoms with Crippen molar-refractivity contribution < 1.29 is 24.1 Å². The zero-order valence-electron chi connectivity index (χ0n) is 10.2. The summed E-state index contributed by atoms with van der Waals surface area (Å²) in [5, 5.41) is 9.01. The van der Waals surface area contributed by atoms with Crippen molar-refractivity contribution in [1.82, 2.24) is 0 Å². The van der Waals surface area contributed by atoms with Crippen LogP contribution in [0.3, 0.4) is 0 Å². The SMILES string of the molecule is CCOC(=O)CC1CCC2(C1)OCC(CO)O2. The summed E-state index contributed by atoms with van der Waals surface area (Å²) in [4.78, 5) is 11.4. The smallest absolute Gasteiger partial charge is 0.306 e. The number of aliphatic hydroxyl groups excluding tert-OH is 1. The number of hydrogen-bond acceptors (Lipinski definition) is 5. The van der Waals surface area contributed by atoms with E-state index in [4.69, 9.17) is 19.3 Å². The minimum absolute atomic E-state index is 0.00963. The third-order valence-corrected chi connectivity index (χ3v) is 3.41. The van der Waals surface area contributed by atoms with Gasteiger partial charge in [0.15, 0.2) is 5.79 Å².